The molecule has 30 heavy (non-hydrogen) atoms. The Hall–Kier alpha value is -0.413. The van der Waals surface area contributed by atoms with Gasteiger partial charge in [-0.2, -0.15) is 0 Å². The third-order valence-electron chi connectivity index (χ3n) is 7.61. The molecule has 0 saturated carbocycles. The molecule has 0 fully saturated rings. The first-order chi connectivity index (χ1) is 13.9. The van der Waals surface area contributed by atoms with Gasteiger partial charge in [-0.3, -0.25) is 0 Å². The summed E-state index contributed by atoms with van der Waals surface area (Å²) in [5, 5.41) is 0. The Balaban J connectivity index is 2.03. The molecular weight excluding hydrogens is 590 g/mol. The van der Waals surface area contributed by atoms with E-state index in [0.29, 0.717) is 0 Å². The van der Waals surface area contributed by atoms with Crippen molar-refractivity contribution in [1.29, 1.82) is 0 Å². The van der Waals surface area contributed by atoms with Crippen LogP contribution in [0.4, 0.5) is 0 Å². The van der Waals surface area contributed by atoms with Crippen molar-refractivity contribution >= 4 is 35.3 Å². The monoisotopic (exact) mass is 623 g/mol. The number of rotatable bonds is 3. The van der Waals surface area contributed by atoms with Gasteiger partial charge in [-0.1, -0.05) is 0 Å². The molecule has 0 amide bonds. The van der Waals surface area contributed by atoms with Crippen molar-refractivity contribution in [3.05, 3.63) is 79.9 Å². The second-order valence-electron chi connectivity index (χ2n) is 10.2. The van der Waals surface area contributed by atoms with Crippen LogP contribution in [0.25, 0.3) is 12.2 Å². The first-order valence-electron chi connectivity index (χ1n) is 11.0. The van der Waals surface area contributed by atoms with Crippen molar-refractivity contribution in [2.45, 2.75) is 62.0 Å². The van der Waals surface area contributed by atoms with Crippen LogP contribution in [-0.2, 0) is 15.3 Å². The van der Waals surface area contributed by atoms with E-state index in [1.54, 1.807) is 0 Å². The zero-order valence-corrected chi connectivity index (χ0v) is 25.7. The summed E-state index contributed by atoms with van der Waals surface area (Å²) in [6, 6.07) is 9.31. The summed E-state index contributed by atoms with van der Waals surface area (Å²) in [7, 11) is 16.3. The van der Waals surface area contributed by atoms with Crippen molar-refractivity contribution in [2.24, 2.45) is 0 Å². The zero-order valence-electron chi connectivity index (χ0n) is 19.5. The van der Waals surface area contributed by atoms with E-state index in [-0.39, 0.29) is 7.35 Å². The molecule has 0 nitrogen and oxygen atoms in total. The van der Waals surface area contributed by atoms with E-state index in [0.717, 1.165) is 0 Å². The number of halogens is 2. The van der Waals surface area contributed by atoms with Crippen molar-refractivity contribution in [3.8, 4) is 0 Å². The molecule has 4 heteroatoms. The summed E-state index contributed by atoms with van der Waals surface area (Å²) in [6.07, 6.45) is 4.75. The fraction of sp³-hybridized carbons (Fsp3) is 0.385. The topological polar surface area (TPSA) is 0 Å². The standard InChI is InChI=1S/2C12H13.C2H7Si.2ClH.Hf/c2*1-8-4-10(3)12-7-9(2)6-11(12)5-8;1-3-2;;;/h2*4-7H,1-3H3;3H,1-2H3;2*1H;/q;;;;;+2/p-2. The molecular formula is C26H33Cl2HfSi. The number of allylic oxidation sites excluding steroid dienone is 2. The van der Waals surface area contributed by atoms with Crippen molar-refractivity contribution in [1.82, 2.24) is 0 Å². The molecule has 2 aliphatic carbocycles. The van der Waals surface area contributed by atoms with Gasteiger partial charge in [0.05, 0.1) is 0 Å². The van der Waals surface area contributed by atoms with Crippen LogP contribution in [-0.4, -0.2) is 5.98 Å². The van der Waals surface area contributed by atoms with Crippen LogP contribution < -0.4 is 0 Å². The molecule has 0 radical (unpaired) electrons. The van der Waals surface area contributed by atoms with Crippen LogP contribution >= 0.6 is 17.2 Å². The van der Waals surface area contributed by atoms with Gasteiger partial charge in [-0.25, -0.2) is 0 Å². The number of hydrogen-bond acceptors (Lipinski definition) is 0. The van der Waals surface area contributed by atoms with Crippen molar-refractivity contribution in [2.75, 3.05) is 0 Å². The Kier molecular flexibility index (Phi) is 5.54. The van der Waals surface area contributed by atoms with Gasteiger partial charge in [-0.05, 0) is 0 Å². The molecule has 0 saturated heterocycles. The fourth-order valence-corrected chi connectivity index (χ4v) is 52.8. The first kappa shape index (κ1) is 22.8. The summed E-state index contributed by atoms with van der Waals surface area (Å²) in [5.74, 6) is -1.41. The summed E-state index contributed by atoms with van der Waals surface area (Å²) in [4.78, 5) is 0. The second kappa shape index (κ2) is 7.30. The van der Waals surface area contributed by atoms with Gasteiger partial charge in [0, 0.05) is 0 Å². The molecule has 0 aliphatic heterocycles. The average Bonchev–Trinajstić information content (AvgIpc) is 3.12. The van der Waals surface area contributed by atoms with Gasteiger partial charge in [0.25, 0.3) is 0 Å². The molecule has 0 heterocycles. The van der Waals surface area contributed by atoms with Crippen LogP contribution in [0.3, 0.4) is 0 Å². The van der Waals surface area contributed by atoms with E-state index in [2.05, 4.69) is 91.1 Å². The van der Waals surface area contributed by atoms with Crippen molar-refractivity contribution < 1.29 is 15.3 Å². The van der Waals surface area contributed by atoms with E-state index in [4.69, 9.17) is 17.2 Å². The molecule has 0 aromatic heterocycles. The summed E-state index contributed by atoms with van der Waals surface area (Å²) < 4.78 is 0.427. The summed E-state index contributed by atoms with van der Waals surface area (Å²) >= 11 is -4.58. The SMILES string of the molecule is CC1=Cc2c(C)cc(C)cc2[CH]1[Hf]([Cl])([Cl])([CH]1C(C)=Cc2c(C)cc(C)cc21)[SiH](C)C. The maximum atomic E-state index is 8.16. The molecule has 0 N–H and O–H groups in total. The molecule has 159 valence electrons. The maximum absolute atomic E-state index is 8.16. The summed E-state index contributed by atoms with van der Waals surface area (Å²) in [6.45, 7) is 18.2. The van der Waals surface area contributed by atoms with E-state index in [9.17, 15) is 0 Å². The van der Waals surface area contributed by atoms with Gasteiger partial charge in [0.2, 0.25) is 0 Å². The van der Waals surface area contributed by atoms with Gasteiger partial charge >= 0.3 is 192 Å². The Labute approximate surface area is 191 Å². The predicted molar refractivity (Wildman–Crippen MR) is 135 cm³/mol. The molecule has 0 bridgehead atoms. The molecule has 2 atom stereocenters. The van der Waals surface area contributed by atoms with Crippen LogP contribution in [0.15, 0.2) is 35.4 Å². The van der Waals surface area contributed by atoms with E-state index >= 15 is 0 Å². The van der Waals surface area contributed by atoms with E-state index in [1.165, 1.54) is 55.7 Å². The molecule has 2 aromatic rings. The third-order valence-corrected chi connectivity index (χ3v) is 81.1. The van der Waals surface area contributed by atoms with Crippen LogP contribution in [0.1, 0.15) is 65.7 Å². The zero-order chi connectivity index (χ0) is 22.2. The Morgan fingerprint density at radius 1 is 0.667 bits per heavy atom. The molecule has 2 aromatic carbocycles. The predicted octanol–water partition coefficient (Wildman–Crippen LogP) is 8.52. The Morgan fingerprint density at radius 3 is 1.37 bits per heavy atom. The van der Waals surface area contributed by atoms with Crippen LogP contribution in [0.5, 0.6) is 0 Å². The Morgan fingerprint density at radius 2 is 1.03 bits per heavy atom. The van der Waals surface area contributed by atoms with Crippen LogP contribution in [0, 0.1) is 27.7 Å². The Bertz CT molecular complexity index is 1060. The number of hydrogen-bond donors (Lipinski definition) is 0. The number of aryl methyl sites for hydroxylation is 4. The minimum absolute atomic E-state index is 0.214. The number of benzene rings is 2. The normalized spacial score (nSPS) is 21.8. The van der Waals surface area contributed by atoms with Gasteiger partial charge in [0.15, 0.2) is 0 Å². The second-order valence-corrected chi connectivity index (χ2v) is 69.5. The molecule has 4 rings (SSSR count). The van der Waals surface area contributed by atoms with Gasteiger partial charge < -0.3 is 0 Å². The van der Waals surface area contributed by atoms with Crippen molar-refractivity contribution in [3.63, 3.8) is 0 Å². The van der Waals surface area contributed by atoms with Gasteiger partial charge in [0.1, 0.15) is 0 Å². The number of fused-ring (bicyclic) bond motifs is 2. The van der Waals surface area contributed by atoms with Crippen LogP contribution in [0.2, 0.25) is 13.1 Å². The fourth-order valence-electron chi connectivity index (χ4n) is 6.31. The minimum atomic E-state index is -4.58. The van der Waals surface area contributed by atoms with Gasteiger partial charge in [-0.15, -0.1) is 0 Å². The average molecular weight is 623 g/mol. The molecule has 2 unspecified atom stereocenters. The molecule has 0 spiro atoms. The summed E-state index contributed by atoms with van der Waals surface area (Å²) in [5.41, 5.74) is 13.6. The first-order valence-corrected chi connectivity index (χ1v) is 33.2. The third kappa shape index (κ3) is 3.08. The molecule has 2 aliphatic rings. The quantitative estimate of drug-likeness (QED) is 0.301. The van der Waals surface area contributed by atoms with E-state index in [1.807, 2.05) is 0 Å². The van der Waals surface area contributed by atoms with E-state index < -0.39 is 21.3 Å².